The maximum absolute atomic E-state index is 9.19. The number of benzene rings is 1. The Morgan fingerprint density at radius 3 is 2.21 bits per heavy atom. The van der Waals surface area contributed by atoms with Gasteiger partial charge in [0.2, 0.25) is 0 Å². The molecular weight excluding hydrogens is 335 g/mol. The Morgan fingerprint density at radius 1 is 1.12 bits per heavy atom. The van der Waals surface area contributed by atoms with Crippen molar-refractivity contribution in [2.45, 2.75) is 52.1 Å². The lowest BCUT2D eigenvalue weighted by Gasteiger charge is -2.36. The first kappa shape index (κ1) is 21.7. The Bertz CT molecular complexity index is 475. The molecule has 0 aliphatic heterocycles. The van der Waals surface area contributed by atoms with Crippen LogP contribution in [0.3, 0.4) is 0 Å². The summed E-state index contributed by atoms with van der Waals surface area (Å²) in [6, 6.07) is 8.66. The molecule has 1 rings (SSSR count). The molecule has 0 aliphatic rings. The molecule has 1 unspecified atom stereocenters. The van der Waals surface area contributed by atoms with Gasteiger partial charge >= 0.3 is 0 Å². The summed E-state index contributed by atoms with van der Waals surface area (Å²) >= 11 is 0. The molecule has 0 fully saturated rings. The van der Waals surface area contributed by atoms with E-state index in [2.05, 4.69) is 77.5 Å². The van der Waals surface area contributed by atoms with Crippen LogP contribution in [0, 0.1) is 0 Å². The van der Waals surface area contributed by atoms with Crippen molar-refractivity contribution in [2.24, 2.45) is 0 Å². The summed E-state index contributed by atoms with van der Waals surface area (Å²) in [5.41, 5.74) is 2.49. The topological polar surface area (TPSA) is 44.7 Å². The molecule has 0 bridgehead atoms. The second-order valence-electron chi connectivity index (χ2n) is 7.82. The number of nitrogens with one attached hydrogen (secondary N) is 1. The summed E-state index contributed by atoms with van der Waals surface area (Å²) in [5.74, 6) is 0. The summed E-state index contributed by atoms with van der Waals surface area (Å²) < 4.78 is 6.28. The predicted molar refractivity (Wildman–Crippen MR) is 109 cm³/mol. The van der Waals surface area contributed by atoms with E-state index >= 15 is 0 Å². The van der Waals surface area contributed by atoms with Gasteiger partial charge in [-0.05, 0) is 29.3 Å². The SMILES string of the molecule is CC(C)(C)[Si](C)(C)OCc1ccc(CN(CCO)CCNP)cc1. The molecule has 0 saturated heterocycles. The van der Waals surface area contributed by atoms with Crippen molar-refractivity contribution in [3.8, 4) is 0 Å². The lowest BCUT2D eigenvalue weighted by molar-refractivity contribution is 0.193. The number of aliphatic hydroxyl groups excluding tert-OH is 1. The molecule has 24 heavy (non-hydrogen) atoms. The standard InChI is InChI=1S/C18H35N2O2PSi/c1-18(2,3)24(4,5)22-15-17-8-6-16(7-9-17)14-20(12-13-21)11-10-19-23/h6-9,19,21H,10-15,23H2,1-5H3. The van der Waals surface area contributed by atoms with Crippen molar-refractivity contribution in [3.05, 3.63) is 35.4 Å². The van der Waals surface area contributed by atoms with E-state index in [1.807, 2.05) is 0 Å². The van der Waals surface area contributed by atoms with Gasteiger partial charge in [0.25, 0.3) is 0 Å². The van der Waals surface area contributed by atoms with Gasteiger partial charge < -0.3 is 9.53 Å². The molecule has 0 aliphatic carbocycles. The van der Waals surface area contributed by atoms with E-state index in [9.17, 15) is 5.11 Å². The Balaban J connectivity index is 2.59. The van der Waals surface area contributed by atoms with E-state index in [0.717, 1.165) is 19.6 Å². The molecule has 4 nitrogen and oxygen atoms in total. The molecule has 0 radical (unpaired) electrons. The second-order valence-corrected chi connectivity index (χ2v) is 13.0. The minimum absolute atomic E-state index is 0.190. The highest BCUT2D eigenvalue weighted by Crippen LogP contribution is 2.37. The van der Waals surface area contributed by atoms with Crippen molar-refractivity contribution in [1.82, 2.24) is 9.99 Å². The zero-order chi connectivity index (χ0) is 18.2. The molecule has 0 aromatic heterocycles. The molecule has 6 heteroatoms. The molecule has 1 atom stereocenters. The first-order valence-corrected chi connectivity index (χ1v) is 12.2. The van der Waals surface area contributed by atoms with E-state index in [-0.39, 0.29) is 11.6 Å². The van der Waals surface area contributed by atoms with Crippen molar-refractivity contribution in [3.63, 3.8) is 0 Å². The van der Waals surface area contributed by atoms with Crippen molar-refractivity contribution in [1.29, 1.82) is 0 Å². The van der Waals surface area contributed by atoms with Gasteiger partial charge in [0.1, 0.15) is 0 Å². The Morgan fingerprint density at radius 2 is 1.71 bits per heavy atom. The molecule has 0 heterocycles. The smallest absolute Gasteiger partial charge is 0.192 e. The van der Waals surface area contributed by atoms with Crippen LogP contribution in [0.15, 0.2) is 24.3 Å². The number of rotatable bonds is 10. The van der Waals surface area contributed by atoms with Crippen LogP contribution in [0.5, 0.6) is 0 Å². The zero-order valence-electron chi connectivity index (χ0n) is 15.9. The van der Waals surface area contributed by atoms with Gasteiger partial charge in [0.15, 0.2) is 8.32 Å². The van der Waals surface area contributed by atoms with E-state index < -0.39 is 8.32 Å². The van der Waals surface area contributed by atoms with Crippen LogP contribution < -0.4 is 5.09 Å². The normalized spacial score (nSPS) is 12.8. The minimum atomic E-state index is -1.70. The fraction of sp³-hybridized carbons (Fsp3) is 0.667. The van der Waals surface area contributed by atoms with E-state index in [1.165, 1.54) is 11.1 Å². The van der Waals surface area contributed by atoms with Crippen LogP contribution in [-0.4, -0.2) is 44.6 Å². The van der Waals surface area contributed by atoms with Gasteiger partial charge in [-0.15, -0.1) is 0 Å². The second kappa shape index (κ2) is 10.0. The summed E-state index contributed by atoms with van der Waals surface area (Å²) in [7, 11) is 0.818. The molecule has 1 aromatic carbocycles. The third-order valence-electron chi connectivity index (χ3n) is 4.82. The molecule has 0 spiro atoms. The number of hydrogen-bond donors (Lipinski definition) is 2. The average molecular weight is 371 g/mol. The van der Waals surface area contributed by atoms with Crippen LogP contribution in [0.25, 0.3) is 0 Å². The fourth-order valence-electron chi connectivity index (χ4n) is 2.11. The van der Waals surface area contributed by atoms with Crippen LogP contribution in [0.2, 0.25) is 18.1 Å². The number of aliphatic hydroxyl groups is 1. The van der Waals surface area contributed by atoms with Crippen LogP contribution in [0.1, 0.15) is 31.9 Å². The summed E-state index contributed by atoms with van der Waals surface area (Å²) in [6.07, 6.45) is 0. The molecular formula is C18H35N2O2PSi. The van der Waals surface area contributed by atoms with Crippen LogP contribution >= 0.6 is 9.39 Å². The van der Waals surface area contributed by atoms with E-state index in [1.54, 1.807) is 0 Å². The van der Waals surface area contributed by atoms with Crippen LogP contribution in [0.4, 0.5) is 0 Å². The third kappa shape index (κ3) is 7.30. The van der Waals surface area contributed by atoms with Gasteiger partial charge in [0, 0.05) is 26.2 Å². The highest BCUT2D eigenvalue weighted by Gasteiger charge is 2.36. The highest BCUT2D eigenvalue weighted by molar-refractivity contribution is 7.13. The predicted octanol–water partition coefficient (Wildman–Crippen LogP) is 3.38. The average Bonchev–Trinajstić information content (AvgIpc) is 2.51. The third-order valence-corrected chi connectivity index (χ3v) is 9.59. The molecule has 2 N–H and O–H groups in total. The van der Waals surface area contributed by atoms with Gasteiger partial charge in [-0.25, -0.2) is 0 Å². The maximum atomic E-state index is 9.19. The van der Waals surface area contributed by atoms with Crippen molar-refractivity contribution >= 4 is 17.7 Å². The Hall–Kier alpha value is -0.293. The zero-order valence-corrected chi connectivity index (χ0v) is 18.1. The number of hydrogen-bond acceptors (Lipinski definition) is 4. The molecule has 0 amide bonds. The summed E-state index contributed by atoms with van der Waals surface area (Å²) in [6.45, 7) is 15.6. The fourth-order valence-corrected chi connectivity index (χ4v) is 3.20. The van der Waals surface area contributed by atoms with Crippen molar-refractivity contribution < 1.29 is 9.53 Å². The lowest BCUT2D eigenvalue weighted by Crippen LogP contribution is -2.40. The summed E-state index contributed by atoms with van der Waals surface area (Å²) in [5, 5.41) is 12.5. The molecule has 0 saturated carbocycles. The molecule has 138 valence electrons. The Labute approximate surface area is 151 Å². The minimum Gasteiger partial charge on any atom is -0.413 e. The molecule has 1 aromatic rings. The Kier molecular flexibility index (Phi) is 9.06. The largest absolute Gasteiger partial charge is 0.413 e. The van der Waals surface area contributed by atoms with E-state index in [0.29, 0.717) is 13.2 Å². The summed E-state index contributed by atoms with van der Waals surface area (Å²) in [4.78, 5) is 2.25. The first-order valence-electron chi connectivity index (χ1n) is 8.68. The lowest BCUT2D eigenvalue weighted by atomic mass is 10.1. The maximum Gasteiger partial charge on any atom is 0.192 e. The van der Waals surface area contributed by atoms with E-state index in [4.69, 9.17) is 4.43 Å². The first-order chi connectivity index (χ1) is 11.2. The van der Waals surface area contributed by atoms with Crippen molar-refractivity contribution in [2.75, 3.05) is 26.2 Å². The monoisotopic (exact) mass is 370 g/mol. The van der Waals surface area contributed by atoms with Gasteiger partial charge in [-0.2, -0.15) is 0 Å². The van der Waals surface area contributed by atoms with Gasteiger partial charge in [-0.1, -0.05) is 54.4 Å². The number of nitrogens with zero attached hydrogens (tertiary/aromatic N) is 1. The quantitative estimate of drug-likeness (QED) is 0.490. The van der Waals surface area contributed by atoms with Crippen LogP contribution in [-0.2, 0) is 17.6 Å². The van der Waals surface area contributed by atoms with Gasteiger partial charge in [0.05, 0.1) is 13.2 Å². The highest BCUT2D eigenvalue weighted by atomic mass is 31.0. The van der Waals surface area contributed by atoms with Gasteiger partial charge in [-0.3, -0.25) is 9.99 Å².